The summed E-state index contributed by atoms with van der Waals surface area (Å²) in [6, 6.07) is 32.7. The number of amides is 2. The van der Waals surface area contributed by atoms with E-state index >= 15 is 0 Å². The van der Waals surface area contributed by atoms with E-state index in [1.807, 2.05) is 72.8 Å². The molecule has 0 aromatic heterocycles. The van der Waals surface area contributed by atoms with E-state index in [0.29, 0.717) is 23.0 Å². The first-order chi connectivity index (χ1) is 39.0. The van der Waals surface area contributed by atoms with E-state index in [1.54, 1.807) is 13.8 Å². The van der Waals surface area contributed by atoms with E-state index in [2.05, 4.69) is 61.9 Å². The van der Waals surface area contributed by atoms with Gasteiger partial charge in [-0.2, -0.15) is 0 Å². The number of hydrogen-bond acceptors (Lipinski definition) is 12. The summed E-state index contributed by atoms with van der Waals surface area (Å²) in [6.07, 6.45) is 13.2. The van der Waals surface area contributed by atoms with Crippen LogP contribution in [0.25, 0.3) is 0 Å². The molecule has 432 valence electrons. The Bertz CT molecular complexity index is 2600. The molecular formula is C67H82N2O12. The molecular weight excluding hydrogens is 1020 g/mol. The van der Waals surface area contributed by atoms with Gasteiger partial charge in [-0.05, 0) is 208 Å². The van der Waals surface area contributed by atoms with Gasteiger partial charge in [0.2, 0.25) is 0 Å². The summed E-state index contributed by atoms with van der Waals surface area (Å²) in [7, 11) is 0. The van der Waals surface area contributed by atoms with E-state index in [1.165, 1.54) is 88.2 Å². The molecule has 8 fully saturated rings. The molecule has 14 heteroatoms. The van der Waals surface area contributed by atoms with Crippen molar-refractivity contribution in [1.29, 1.82) is 0 Å². The fourth-order valence-corrected chi connectivity index (χ4v) is 15.1. The van der Waals surface area contributed by atoms with Crippen molar-refractivity contribution in [3.63, 3.8) is 0 Å². The number of carbonyl (C=O) groups excluding carboxylic acids is 4. The van der Waals surface area contributed by atoms with Gasteiger partial charge >= 0.3 is 24.1 Å². The molecule has 8 aliphatic rings. The lowest BCUT2D eigenvalue weighted by Crippen LogP contribution is -2.48. The lowest BCUT2D eigenvalue weighted by molar-refractivity contribution is -0.139. The van der Waals surface area contributed by atoms with E-state index in [0.717, 1.165) is 46.6 Å². The van der Waals surface area contributed by atoms with Crippen molar-refractivity contribution in [3.8, 4) is 23.0 Å². The second-order valence-corrected chi connectivity index (χ2v) is 25.1. The van der Waals surface area contributed by atoms with Gasteiger partial charge in [0.05, 0.1) is 13.1 Å². The number of alkyl carbamates (subject to hydrolysis) is 2. The van der Waals surface area contributed by atoms with Crippen LogP contribution < -0.4 is 29.6 Å². The number of carbonyl (C=O) groups is 4. The maximum Gasteiger partial charge on any atom is 0.407 e. The van der Waals surface area contributed by atoms with Gasteiger partial charge in [-0.15, -0.1) is 0 Å². The summed E-state index contributed by atoms with van der Waals surface area (Å²) in [6.45, 7) is 14.8. The molecule has 4 aromatic carbocycles. The van der Waals surface area contributed by atoms with E-state index in [4.69, 9.17) is 37.9 Å². The van der Waals surface area contributed by atoms with Gasteiger partial charge in [0.25, 0.3) is 0 Å². The molecule has 4 aromatic rings. The average molecular weight is 1110 g/mol. The van der Waals surface area contributed by atoms with Crippen molar-refractivity contribution < 1.29 is 57.1 Å². The third-order valence-corrected chi connectivity index (χ3v) is 18.4. The quantitative estimate of drug-likeness (QED) is 0.0265. The number of hydrogen-bond donors (Lipinski definition) is 2. The second kappa shape index (κ2) is 25.0. The Kier molecular flexibility index (Phi) is 17.7. The van der Waals surface area contributed by atoms with Crippen LogP contribution in [0.5, 0.6) is 23.0 Å². The Morgan fingerprint density at radius 3 is 1.01 bits per heavy atom. The Morgan fingerprint density at radius 1 is 0.469 bits per heavy atom. The predicted molar refractivity (Wildman–Crippen MR) is 308 cm³/mol. The van der Waals surface area contributed by atoms with Crippen LogP contribution in [0.3, 0.4) is 0 Å². The van der Waals surface area contributed by atoms with Crippen LogP contribution >= 0.6 is 0 Å². The number of rotatable bonds is 26. The maximum atomic E-state index is 13.0. The lowest BCUT2D eigenvalue weighted by atomic mass is 9.48. The van der Waals surface area contributed by atoms with Gasteiger partial charge in [-0.25, -0.2) is 19.2 Å². The van der Waals surface area contributed by atoms with Crippen molar-refractivity contribution in [2.75, 3.05) is 52.7 Å². The molecule has 2 unspecified atom stereocenters. The van der Waals surface area contributed by atoms with Gasteiger partial charge in [0, 0.05) is 16.6 Å². The van der Waals surface area contributed by atoms with E-state index in [-0.39, 0.29) is 74.7 Å². The largest absolute Gasteiger partial charge is 0.490 e. The highest BCUT2D eigenvalue weighted by atomic mass is 16.6. The molecule has 0 heterocycles. The third kappa shape index (κ3) is 14.2. The minimum absolute atomic E-state index is 0.0257. The normalized spacial score (nSPS) is 25.4. The summed E-state index contributed by atoms with van der Waals surface area (Å²) in [5.74, 6) is 6.63. The minimum atomic E-state index is -0.771. The monoisotopic (exact) mass is 1110 g/mol. The van der Waals surface area contributed by atoms with Crippen LogP contribution in [0, 0.1) is 35.5 Å². The fraction of sp³-hybridized carbons (Fsp3) is 0.522. The Labute approximate surface area is 478 Å². The van der Waals surface area contributed by atoms with Gasteiger partial charge in [-0.3, -0.25) is 0 Å². The van der Waals surface area contributed by atoms with Crippen molar-refractivity contribution in [2.24, 2.45) is 35.5 Å². The smallest absolute Gasteiger partial charge is 0.407 e. The first-order valence-corrected chi connectivity index (χ1v) is 29.5. The second-order valence-electron chi connectivity index (χ2n) is 25.1. The summed E-state index contributed by atoms with van der Waals surface area (Å²) in [5, 5.41) is 5.30. The van der Waals surface area contributed by atoms with Crippen LogP contribution in [0.1, 0.15) is 127 Å². The molecule has 8 aliphatic carbocycles. The van der Waals surface area contributed by atoms with Crippen LogP contribution in [0.2, 0.25) is 0 Å². The summed E-state index contributed by atoms with van der Waals surface area (Å²) in [5.41, 5.74) is 5.60. The highest BCUT2D eigenvalue weighted by molar-refractivity contribution is 5.87. The number of nitrogens with one attached hydrogen (secondary N) is 2. The lowest BCUT2D eigenvalue weighted by Gasteiger charge is -2.57. The topological polar surface area (TPSA) is 166 Å². The fourth-order valence-electron chi connectivity index (χ4n) is 15.1. The molecule has 12 rings (SSSR count). The predicted octanol–water partition coefficient (Wildman–Crippen LogP) is 12.3. The van der Waals surface area contributed by atoms with Gasteiger partial charge in [-0.1, -0.05) is 75.5 Å². The molecule has 2 N–H and O–H groups in total. The van der Waals surface area contributed by atoms with Crippen LogP contribution in [-0.2, 0) is 44.8 Å². The molecule has 2 atom stereocenters. The maximum absolute atomic E-state index is 13.0. The molecule has 8 saturated carbocycles. The van der Waals surface area contributed by atoms with Crippen LogP contribution in [0.15, 0.2) is 121 Å². The highest BCUT2D eigenvalue weighted by Crippen LogP contribution is 2.62. The van der Waals surface area contributed by atoms with Crippen molar-refractivity contribution >= 4 is 24.1 Å². The van der Waals surface area contributed by atoms with Crippen LogP contribution in [-0.4, -0.2) is 89.1 Å². The molecule has 0 saturated heterocycles. The first-order valence-electron chi connectivity index (χ1n) is 29.5. The standard InChI is InChI=1S/C67H82N2O12/c1-43(2)61(70)74-25-23-68-63(72)80-59(41-78-57-19-11-53(12-20-57)66-33-45-27-46(34-66)29-47(28-45)35-66)39-76-55-15-7-51(8-16-55)65(5,6)52-9-17-56(18-10-52)77-40-60(81-64(73)69-24-26-75-62(71)44(3)4)42-79-58-21-13-54(14-22-58)67-36-48-30-49(37-67)32-50(31-48)38-67/h7-22,45-50,59-60H,1,3,23-42H2,2,4-6H3,(H,68,72)(H,69,73). The SMILES string of the molecule is C=C(C)C(=O)OCCNC(=O)OC(COc1ccc(C23CC4CC(CC(C4)C2)C3)cc1)COc1ccc(C(C)(C)c2ccc(OCC(COc3ccc(C45CC6CC(CC(C6)C4)C5)cc3)OC(=O)NCCOC(=O)C(=C)C)cc2)cc1. The summed E-state index contributed by atoms with van der Waals surface area (Å²) < 4.78 is 46.8. The van der Waals surface area contributed by atoms with E-state index in [9.17, 15) is 19.2 Å². The summed E-state index contributed by atoms with van der Waals surface area (Å²) in [4.78, 5) is 49.7. The first kappa shape index (κ1) is 57.3. The third-order valence-electron chi connectivity index (χ3n) is 18.4. The zero-order valence-electron chi connectivity index (χ0n) is 47.8. The molecule has 14 nitrogen and oxygen atoms in total. The number of benzene rings is 4. The highest BCUT2D eigenvalue weighted by Gasteiger charge is 2.53. The van der Waals surface area contributed by atoms with Gasteiger partial charge in [0.1, 0.15) is 62.6 Å². The minimum Gasteiger partial charge on any atom is -0.490 e. The number of esters is 2. The van der Waals surface area contributed by atoms with E-state index < -0.39 is 41.7 Å². The zero-order valence-corrected chi connectivity index (χ0v) is 47.8. The summed E-state index contributed by atoms with van der Waals surface area (Å²) >= 11 is 0. The van der Waals surface area contributed by atoms with Crippen molar-refractivity contribution in [1.82, 2.24) is 10.6 Å². The van der Waals surface area contributed by atoms with Gasteiger partial charge < -0.3 is 48.5 Å². The molecule has 8 bridgehead atoms. The Balaban J connectivity index is 0.732. The Hall–Kier alpha value is -6.96. The zero-order chi connectivity index (χ0) is 56.7. The van der Waals surface area contributed by atoms with Gasteiger partial charge in [0.15, 0.2) is 12.2 Å². The van der Waals surface area contributed by atoms with Crippen molar-refractivity contribution in [3.05, 3.63) is 144 Å². The van der Waals surface area contributed by atoms with Crippen molar-refractivity contribution in [2.45, 2.75) is 133 Å². The molecule has 0 spiro atoms. The molecule has 0 radical (unpaired) electrons. The molecule has 81 heavy (non-hydrogen) atoms. The number of ether oxygens (including phenoxy) is 8. The van der Waals surface area contributed by atoms with Crippen LogP contribution in [0.4, 0.5) is 9.59 Å². The average Bonchev–Trinajstić information content (AvgIpc) is 3.60. The Morgan fingerprint density at radius 2 is 0.741 bits per heavy atom. The molecule has 0 aliphatic heterocycles. The molecule has 2 amide bonds.